The van der Waals surface area contributed by atoms with Gasteiger partial charge in [-0.2, -0.15) is 0 Å². The lowest BCUT2D eigenvalue weighted by Gasteiger charge is -2.28. The van der Waals surface area contributed by atoms with Crippen molar-refractivity contribution in [3.8, 4) is 11.3 Å². The van der Waals surface area contributed by atoms with E-state index in [1.54, 1.807) is 0 Å². The maximum Gasteiger partial charge on any atom is 0.120 e. The standard InChI is InChI=1S/C17H25BrN4/c1-17(2,12-22(3)4)11-19-10-16-20-9-15(21-16)13-6-5-7-14(18)8-13/h5-9,19H,10-12H2,1-4H3,(H,20,21). The van der Waals surface area contributed by atoms with Crippen molar-refractivity contribution in [3.05, 3.63) is 40.8 Å². The Morgan fingerprint density at radius 2 is 2.09 bits per heavy atom. The molecule has 22 heavy (non-hydrogen) atoms. The van der Waals surface area contributed by atoms with Crippen LogP contribution in [0.15, 0.2) is 34.9 Å². The maximum atomic E-state index is 4.46. The molecule has 4 nitrogen and oxygen atoms in total. The highest BCUT2D eigenvalue weighted by Gasteiger charge is 2.18. The van der Waals surface area contributed by atoms with Crippen LogP contribution in [-0.2, 0) is 6.54 Å². The van der Waals surface area contributed by atoms with Crippen molar-refractivity contribution in [3.63, 3.8) is 0 Å². The zero-order chi connectivity index (χ0) is 16.2. The number of nitrogens with one attached hydrogen (secondary N) is 2. The predicted molar refractivity (Wildman–Crippen MR) is 95.8 cm³/mol. The normalized spacial score (nSPS) is 12.1. The van der Waals surface area contributed by atoms with Crippen LogP contribution in [0.1, 0.15) is 19.7 Å². The number of hydrogen-bond acceptors (Lipinski definition) is 3. The first-order chi connectivity index (χ1) is 10.4. The number of aromatic nitrogens is 2. The van der Waals surface area contributed by atoms with Crippen molar-refractivity contribution in [1.82, 2.24) is 20.2 Å². The van der Waals surface area contributed by atoms with Gasteiger partial charge in [-0.1, -0.05) is 41.9 Å². The Morgan fingerprint density at radius 3 is 2.77 bits per heavy atom. The summed E-state index contributed by atoms with van der Waals surface area (Å²) in [7, 11) is 4.22. The fraction of sp³-hybridized carbons (Fsp3) is 0.471. The highest BCUT2D eigenvalue weighted by Crippen LogP contribution is 2.21. The Balaban J connectivity index is 1.90. The summed E-state index contributed by atoms with van der Waals surface area (Å²) in [6.07, 6.45) is 1.89. The number of aromatic amines is 1. The molecule has 0 saturated carbocycles. The van der Waals surface area contributed by atoms with E-state index in [9.17, 15) is 0 Å². The van der Waals surface area contributed by atoms with Crippen molar-refractivity contribution < 1.29 is 0 Å². The molecule has 120 valence electrons. The molecule has 5 heteroatoms. The molecular formula is C17H25BrN4. The third-order valence-electron chi connectivity index (χ3n) is 3.40. The van der Waals surface area contributed by atoms with Crippen LogP contribution in [0.5, 0.6) is 0 Å². The van der Waals surface area contributed by atoms with E-state index in [2.05, 4.69) is 76.2 Å². The summed E-state index contributed by atoms with van der Waals surface area (Å²) < 4.78 is 1.07. The molecule has 0 radical (unpaired) electrons. The smallest absolute Gasteiger partial charge is 0.120 e. The largest absolute Gasteiger partial charge is 0.341 e. The number of benzene rings is 1. The topological polar surface area (TPSA) is 44.0 Å². The molecule has 0 aliphatic carbocycles. The molecule has 2 N–H and O–H groups in total. The van der Waals surface area contributed by atoms with Crippen molar-refractivity contribution in [2.75, 3.05) is 27.2 Å². The van der Waals surface area contributed by atoms with Gasteiger partial charge in [-0.15, -0.1) is 0 Å². The summed E-state index contributed by atoms with van der Waals surface area (Å²) in [5.41, 5.74) is 2.43. The van der Waals surface area contributed by atoms with Gasteiger partial charge >= 0.3 is 0 Å². The maximum absolute atomic E-state index is 4.46. The third kappa shape index (κ3) is 5.23. The molecule has 0 atom stereocenters. The SMILES string of the molecule is CN(C)CC(C)(C)CNCc1ncc(-c2cccc(Br)c2)[nH]1. The van der Waals surface area contributed by atoms with E-state index in [0.717, 1.165) is 41.2 Å². The molecule has 0 aliphatic heterocycles. The van der Waals surface area contributed by atoms with Gasteiger partial charge in [0, 0.05) is 23.1 Å². The minimum atomic E-state index is 0.239. The third-order valence-corrected chi connectivity index (χ3v) is 3.90. The monoisotopic (exact) mass is 364 g/mol. The molecule has 0 saturated heterocycles. The molecule has 1 aromatic heterocycles. The van der Waals surface area contributed by atoms with E-state index in [1.807, 2.05) is 18.3 Å². The Kier molecular flexibility index (Phi) is 5.78. The number of nitrogens with zero attached hydrogens (tertiary/aromatic N) is 2. The highest BCUT2D eigenvalue weighted by atomic mass is 79.9. The lowest BCUT2D eigenvalue weighted by atomic mass is 9.93. The molecule has 2 rings (SSSR count). The lowest BCUT2D eigenvalue weighted by Crippen LogP contribution is -2.37. The number of hydrogen-bond donors (Lipinski definition) is 2. The fourth-order valence-corrected chi connectivity index (χ4v) is 3.09. The first-order valence-electron chi connectivity index (χ1n) is 7.51. The van der Waals surface area contributed by atoms with E-state index in [1.165, 1.54) is 0 Å². The minimum Gasteiger partial charge on any atom is -0.341 e. The fourth-order valence-electron chi connectivity index (χ4n) is 2.69. The van der Waals surface area contributed by atoms with E-state index in [0.29, 0.717) is 0 Å². The zero-order valence-electron chi connectivity index (χ0n) is 13.8. The average Bonchev–Trinajstić information content (AvgIpc) is 2.85. The summed E-state index contributed by atoms with van der Waals surface area (Å²) in [5.74, 6) is 0.968. The zero-order valence-corrected chi connectivity index (χ0v) is 15.4. The van der Waals surface area contributed by atoms with Crippen LogP contribution in [0, 0.1) is 5.41 Å². The van der Waals surface area contributed by atoms with Crippen molar-refractivity contribution in [2.24, 2.45) is 5.41 Å². The number of rotatable bonds is 7. The van der Waals surface area contributed by atoms with Gasteiger partial charge in [0.2, 0.25) is 0 Å². The van der Waals surface area contributed by atoms with Crippen molar-refractivity contribution in [2.45, 2.75) is 20.4 Å². The first-order valence-corrected chi connectivity index (χ1v) is 8.30. The molecule has 0 bridgehead atoms. The van der Waals surface area contributed by atoms with Gasteiger partial charge in [-0.3, -0.25) is 0 Å². The molecule has 1 heterocycles. The Hall–Kier alpha value is -1.17. The average molecular weight is 365 g/mol. The van der Waals surface area contributed by atoms with Gasteiger partial charge in [0.1, 0.15) is 5.82 Å². The van der Waals surface area contributed by atoms with Crippen LogP contribution in [0.4, 0.5) is 0 Å². The van der Waals surface area contributed by atoms with Gasteiger partial charge < -0.3 is 15.2 Å². The second-order valence-electron chi connectivity index (χ2n) is 6.76. The molecule has 0 aliphatic rings. The molecule has 0 spiro atoms. The van der Waals surface area contributed by atoms with Gasteiger partial charge in [0.15, 0.2) is 0 Å². The molecule has 0 unspecified atom stereocenters. The van der Waals surface area contributed by atoms with Crippen LogP contribution in [0.25, 0.3) is 11.3 Å². The van der Waals surface area contributed by atoms with Gasteiger partial charge in [0.05, 0.1) is 18.4 Å². The quantitative estimate of drug-likeness (QED) is 0.789. The first kappa shape index (κ1) is 17.2. The van der Waals surface area contributed by atoms with E-state index in [4.69, 9.17) is 0 Å². The van der Waals surface area contributed by atoms with Crippen LogP contribution in [0.3, 0.4) is 0 Å². The minimum absolute atomic E-state index is 0.239. The Morgan fingerprint density at radius 1 is 1.32 bits per heavy atom. The van der Waals surface area contributed by atoms with E-state index < -0.39 is 0 Å². The van der Waals surface area contributed by atoms with Gasteiger partial charge in [-0.05, 0) is 31.6 Å². The van der Waals surface area contributed by atoms with Crippen LogP contribution in [0.2, 0.25) is 0 Å². The Bertz CT molecular complexity index is 604. The second kappa shape index (κ2) is 7.40. The van der Waals surface area contributed by atoms with Crippen molar-refractivity contribution in [1.29, 1.82) is 0 Å². The van der Waals surface area contributed by atoms with Crippen molar-refractivity contribution >= 4 is 15.9 Å². The van der Waals surface area contributed by atoms with E-state index >= 15 is 0 Å². The van der Waals surface area contributed by atoms with Crippen LogP contribution < -0.4 is 5.32 Å². The molecule has 2 aromatic rings. The van der Waals surface area contributed by atoms with E-state index in [-0.39, 0.29) is 5.41 Å². The number of H-pyrrole nitrogens is 1. The van der Waals surface area contributed by atoms with Crippen LogP contribution >= 0.6 is 15.9 Å². The number of halogens is 1. The second-order valence-corrected chi connectivity index (χ2v) is 7.68. The summed E-state index contributed by atoms with van der Waals surface area (Å²) in [4.78, 5) is 10.1. The molecule has 0 amide bonds. The molecular weight excluding hydrogens is 340 g/mol. The summed E-state index contributed by atoms with van der Waals surface area (Å²) in [6, 6.07) is 8.22. The number of imidazole rings is 1. The Labute approximate surface area is 141 Å². The molecule has 1 aromatic carbocycles. The van der Waals surface area contributed by atoms with Gasteiger partial charge in [-0.25, -0.2) is 4.98 Å². The predicted octanol–water partition coefficient (Wildman–Crippen LogP) is 3.52. The van der Waals surface area contributed by atoms with Gasteiger partial charge in [0.25, 0.3) is 0 Å². The summed E-state index contributed by atoms with van der Waals surface area (Å²) >= 11 is 3.50. The van der Waals surface area contributed by atoms with Crippen LogP contribution in [-0.4, -0.2) is 42.1 Å². The summed E-state index contributed by atoms with van der Waals surface area (Å²) in [6.45, 7) is 7.31. The summed E-state index contributed by atoms with van der Waals surface area (Å²) in [5, 5.41) is 3.49. The highest BCUT2D eigenvalue weighted by molar-refractivity contribution is 9.10. The lowest BCUT2D eigenvalue weighted by molar-refractivity contribution is 0.232. The molecule has 0 fully saturated rings.